The number of sulfonamides is 1. The van der Waals surface area contributed by atoms with E-state index in [4.69, 9.17) is 4.74 Å². The van der Waals surface area contributed by atoms with Crippen LogP contribution < -0.4 is 10.1 Å². The van der Waals surface area contributed by atoms with E-state index in [1.165, 1.54) is 4.31 Å². The van der Waals surface area contributed by atoms with Crippen LogP contribution in [0.3, 0.4) is 0 Å². The summed E-state index contributed by atoms with van der Waals surface area (Å²) in [6, 6.07) is 10.3. The molecular weight excluding hydrogens is 400 g/mol. The Labute approximate surface area is 179 Å². The van der Waals surface area contributed by atoms with Crippen molar-refractivity contribution in [3.63, 3.8) is 0 Å². The number of anilines is 1. The van der Waals surface area contributed by atoms with Crippen LogP contribution >= 0.6 is 0 Å². The molecule has 1 saturated heterocycles. The monoisotopic (exact) mass is 430 g/mol. The van der Waals surface area contributed by atoms with Crippen molar-refractivity contribution in [2.45, 2.75) is 58.0 Å². The Bertz CT molecular complexity index is 1010. The van der Waals surface area contributed by atoms with Crippen LogP contribution in [0.5, 0.6) is 5.75 Å². The first-order valence-electron chi connectivity index (χ1n) is 10.3. The van der Waals surface area contributed by atoms with E-state index in [0.717, 1.165) is 36.0 Å². The van der Waals surface area contributed by atoms with E-state index >= 15 is 0 Å². The quantitative estimate of drug-likeness (QED) is 0.745. The molecule has 1 aliphatic heterocycles. The molecule has 2 aromatic carbocycles. The van der Waals surface area contributed by atoms with Crippen molar-refractivity contribution in [1.29, 1.82) is 0 Å². The number of nitrogens with one attached hydrogen (secondary N) is 1. The fourth-order valence-corrected chi connectivity index (χ4v) is 5.09. The van der Waals surface area contributed by atoms with Crippen molar-refractivity contribution >= 4 is 21.6 Å². The van der Waals surface area contributed by atoms with Crippen molar-refractivity contribution in [2.75, 3.05) is 18.4 Å². The zero-order chi connectivity index (χ0) is 21.9. The van der Waals surface area contributed by atoms with Crippen LogP contribution in [0.4, 0.5) is 5.69 Å². The summed E-state index contributed by atoms with van der Waals surface area (Å²) in [4.78, 5) is 12.8. The number of hydrogen-bond donors (Lipinski definition) is 1. The third kappa shape index (κ3) is 5.02. The average Bonchev–Trinajstić information content (AvgIpc) is 2.72. The Morgan fingerprint density at radius 3 is 2.30 bits per heavy atom. The lowest BCUT2D eigenvalue weighted by atomic mass is 10.1. The summed E-state index contributed by atoms with van der Waals surface area (Å²) in [5.74, 6) is 0.401. The summed E-state index contributed by atoms with van der Waals surface area (Å²) in [6.07, 6.45) is 2.16. The van der Waals surface area contributed by atoms with Gasteiger partial charge in [0, 0.05) is 18.8 Å². The minimum absolute atomic E-state index is 0.248. The van der Waals surface area contributed by atoms with E-state index in [2.05, 4.69) is 11.4 Å². The van der Waals surface area contributed by atoms with Gasteiger partial charge in [0.2, 0.25) is 10.0 Å². The summed E-state index contributed by atoms with van der Waals surface area (Å²) in [5.41, 5.74) is 3.73. The number of benzene rings is 2. The molecule has 1 heterocycles. The maximum atomic E-state index is 12.7. The molecule has 2 aromatic rings. The molecule has 0 bridgehead atoms. The van der Waals surface area contributed by atoms with E-state index in [1.807, 2.05) is 26.8 Å². The lowest BCUT2D eigenvalue weighted by molar-refractivity contribution is -0.122. The maximum absolute atomic E-state index is 12.7. The fourth-order valence-electron chi connectivity index (χ4n) is 3.58. The molecule has 162 valence electrons. The lowest BCUT2D eigenvalue weighted by Gasteiger charge is -2.25. The average molecular weight is 431 g/mol. The molecule has 0 radical (unpaired) electrons. The van der Waals surface area contributed by atoms with E-state index in [-0.39, 0.29) is 10.8 Å². The van der Waals surface area contributed by atoms with Gasteiger partial charge in [-0.05, 0) is 87.6 Å². The molecule has 1 N–H and O–H groups in total. The highest BCUT2D eigenvalue weighted by molar-refractivity contribution is 7.89. The Balaban J connectivity index is 1.65. The smallest absolute Gasteiger partial charge is 0.265 e. The van der Waals surface area contributed by atoms with Crippen molar-refractivity contribution in [3.05, 3.63) is 53.1 Å². The molecule has 30 heavy (non-hydrogen) atoms. The maximum Gasteiger partial charge on any atom is 0.265 e. The fraction of sp³-hybridized carbons (Fsp3) is 0.435. The first-order chi connectivity index (χ1) is 14.2. The van der Waals surface area contributed by atoms with Crippen LogP contribution in [-0.4, -0.2) is 37.8 Å². The molecule has 1 unspecified atom stereocenters. The summed E-state index contributed by atoms with van der Waals surface area (Å²) < 4.78 is 32.9. The third-order valence-corrected chi connectivity index (χ3v) is 7.42. The molecule has 1 amide bonds. The predicted molar refractivity (Wildman–Crippen MR) is 118 cm³/mol. The van der Waals surface area contributed by atoms with E-state index in [9.17, 15) is 13.2 Å². The molecule has 1 aliphatic rings. The normalized spacial score (nSPS) is 16.1. The van der Waals surface area contributed by atoms with Gasteiger partial charge in [-0.3, -0.25) is 4.79 Å². The Morgan fingerprint density at radius 2 is 1.67 bits per heavy atom. The summed E-state index contributed by atoms with van der Waals surface area (Å²) in [5, 5.41) is 2.80. The van der Waals surface area contributed by atoms with Crippen LogP contribution in [0.1, 0.15) is 42.9 Å². The van der Waals surface area contributed by atoms with Crippen molar-refractivity contribution in [2.24, 2.45) is 0 Å². The number of ether oxygens (including phenoxy) is 1. The first-order valence-corrected chi connectivity index (χ1v) is 11.8. The van der Waals surface area contributed by atoms with Gasteiger partial charge >= 0.3 is 0 Å². The second-order valence-electron chi connectivity index (χ2n) is 7.94. The highest BCUT2D eigenvalue weighted by Gasteiger charge is 2.26. The van der Waals surface area contributed by atoms with E-state index in [0.29, 0.717) is 24.5 Å². The second kappa shape index (κ2) is 9.18. The van der Waals surface area contributed by atoms with Gasteiger partial charge in [-0.2, -0.15) is 4.31 Å². The van der Waals surface area contributed by atoms with Crippen LogP contribution in [-0.2, 0) is 14.8 Å². The van der Waals surface area contributed by atoms with Gasteiger partial charge in [-0.25, -0.2) is 8.42 Å². The molecule has 6 nitrogen and oxygen atoms in total. The number of aryl methyl sites for hydroxylation is 2. The second-order valence-corrected chi connectivity index (χ2v) is 9.88. The number of carbonyl (C=O) groups excluding carboxylic acids is 1. The molecule has 0 spiro atoms. The van der Waals surface area contributed by atoms with Crippen LogP contribution in [0.15, 0.2) is 41.3 Å². The number of carbonyl (C=O) groups is 1. The zero-order valence-electron chi connectivity index (χ0n) is 18.1. The highest BCUT2D eigenvalue weighted by Crippen LogP contribution is 2.25. The first kappa shape index (κ1) is 22.3. The SMILES string of the molecule is Cc1cc(C)c(C)c(OC(C)C(=O)Nc2ccc(S(=O)(=O)N3CCCCC3)cc2)c1. The minimum Gasteiger partial charge on any atom is -0.481 e. The van der Waals surface area contributed by atoms with Gasteiger partial charge in [0.25, 0.3) is 5.91 Å². The predicted octanol–water partition coefficient (Wildman–Crippen LogP) is 4.19. The van der Waals surface area contributed by atoms with Crippen molar-refractivity contribution < 1.29 is 17.9 Å². The van der Waals surface area contributed by atoms with Gasteiger partial charge in [-0.1, -0.05) is 12.5 Å². The van der Waals surface area contributed by atoms with Crippen LogP contribution in [0.2, 0.25) is 0 Å². The molecular formula is C23H30N2O4S. The number of amides is 1. The standard InChI is InChI=1S/C23H30N2O4S/c1-16-14-17(2)18(3)22(15-16)29-19(4)23(26)24-20-8-10-21(11-9-20)30(27,28)25-12-6-5-7-13-25/h8-11,14-15,19H,5-7,12-13H2,1-4H3,(H,24,26). The Morgan fingerprint density at radius 1 is 1.03 bits per heavy atom. The number of hydrogen-bond acceptors (Lipinski definition) is 4. The molecule has 1 fully saturated rings. The van der Waals surface area contributed by atoms with Crippen molar-refractivity contribution in [1.82, 2.24) is 4.31 Å². The zero-order valence-corrected chi connectivity index (χ0v) is 18.9. The van der Waals surface area contributed by atoms with Gasteiger partial charge < -0.3 is 10.1 Å². The number of piperidine rings is 1. The van der Waals surface area contributed by atoms with Crippen molar-refractivity contribution in [3.8, 4) is 5.75 Å². The number of nitrogens with zero attached hydrogens (tertiary/aromatic N) is 1. The third-order valence-electron chi connectivity index (χ3n) is 5.51. The molecule has 0 aromatic heterocycles. The molecule has 0 aliphatic carbocycles. The Hall–Kier alpha value is -2.38. The molecule has 1 atom stereocenters. The lowest BCUT2D eigenvalue weighted by Crippen LogP contribution is -2.35. The van der Waals surface area contributed by atoms with Crippen LogP contribution in [0, 0.1) is 20.8 Å². The van der Waals surface area contributed by atoms with Gasteiger partial charge in [0.15, 0.2) is 6.10 Å². The topological polar surface area (TPSA) is 75.7 Å². The summed E-state index contributed by atoms with van der Waals surface area (Å²) >= 11 is 0. The minimum atomic E-state index is -3.48. The van der Waals surface area contributed by atoms with Gasteiger partial charge in [-0.15, -0.1) is 0 Å². The van der Waals surface area contributed by atoms with Gasteiger partial charge in [0.1, 0.15) is 5.75 Å². The van der Waals surface area contributed by atoms with E-state index < -0.39 is 16.1 Å². The van der Waals surface area contributed by atoms with Gasteiger partial charge in [0.05, 0.1) is 4.90 Å². The van der Waals surface area contributed by atoms with E-state index in [1.54, 1.807) is 31.2 Å². The van der Waals surface area contributed by atoms with Crippen LogP contribution in [0.25, 0.3) is 0 Å². The molecule has 0 saturated carbocycles. The summed E-state index contributed by atoms with van der Waals surface area (Å²) in [6.45, 7) is 8.79. The molecule has 3 rings (SSSR count). The number of rotatable bonds is 6. The largest absolute Gasteiger partial charge is 0.481 e. The Kier molecular flexibility index (Phi) is 6.83. The summed E-state index contributed by atoms with van der Waals surface area (Å²) in [7, 11) is -3.48. The highest BCUT2D eigenvalue weighted by atomic mass is 32.2. The molecule has 7 heteroatoms.